The van der Waals surface area contributed by atoms with Crippen molar-refractivity contribution in [3.8, 4) is 0 Å². The summed E-state index contributed by atoms with van der Waals surface area (Å²) < 4.78 is 78.2. The molecule has 3 aromatic rings. The Hall–Kier alpha value is -3.64. The second-order valence-corrected chi connectivity index (χ2v) is 12.4. The molecular formula is C30H33F3N2O6S. The highest BCUT2D eigenvalue weighted by atomic mass is 32.2. The first-order valence-electron chi connectivity index (χ1n) is 13.4. The van der Waals surface area contributed by atoms with Crippen LogP contribution in [0.1, 0.15) is 53.0 Å². The lowest BCUT2D eigenvalue weighted by molar-refractivity contribution is -0.153. The summed E-state index contributed by atoms with van der Waals surface area (Å²) in [5.41, 5.74) is 3.08. The lowest BCUT2D eigenvalue weighted by Gasteiger charge is -2.32. The Bertz CT molecular complexity index is 1540. The summed E-state index contributed by atoms with van der Waals surface area (Å²) in [5.74, 6) is -2.49. The van der Waals surface area contributed by atoms with Crippen LogP contribution in [0.4, 0.5) is 18.9 Å². The van der Waals surface area contributed by atoms with Crippen molar-refractivity contribution in [2.24, 2.45) is 5.92 Å². The van der Waals surface area contributed by atoms with Crippen LogP contribution in [0.3, 0.4) is 0 Å². The molecule has 2 aromatic carbocycles. The molecule has 1 saturated heterocycles. The highest BCUT2D eigenvalue weighted by Gasteiger charge is 2.36. The van der Waals surface area contributed by atoms with E-state index in [1.54, 1.807) is 55.1 Å². The number of methoxy groups -OCH3 is 1. The molecule has 1 aliphatic rings. The second-order valence-electron chi connectivity index (χ2n) is 10.5. The summed E-state index contributed by atoms with van der Waals surface area (Å²) >= 11 is 0. The molecule has 12 heteroatoms. The lowest BCUT2D eigenvalue weighted by atomic mass is 9.93. The minimum absolute atomic E-state index is 0.00257. The van der Waals surface area contributed by atoms with Gasteiger partial charge in [-0.2, -0.15) is 17.5 Å². The minimum atomic E-state index is -4.70. The molecule has 0 radical (unpaired) electrons. The number of nitrogens with zero attached hydrogens (tertiary/aromatic N) is 2. The molecular weight excluding hydrogens is 573 g/mol. The maximum Gasteiger partial charge on any atom is 0.449 e. The topological polar surface area (TPSA) is 97.1 Å². The van der Waals surface area contributed by atoms with Crippen LogP contribution in [0.2, 0.25) is 0 Å². The highest BCUT2D eigenvalue weighted by molar-refractivity contribution is 7.89. The van der Waals surface area contributed by atoms with Crippen molar-refractivity contribution in [2.45, 2.75) is 64.2 Å². The number of hydrogen-bond acceptors (Lipinski definition) is 6. The Kier molecular flexibility index (Phi) is 9.17. The van der Waals surface area contributed by atoms with Gasteiger partial charge in [-0.15, -0.1) is 0 Å². The Balaban J connectivity index is 1.63. The molecule has 0 aliphatic carbocycles. The molecule has 1 amide bonds. The van der Waals surface area contributed by atoms with Gasteiger partial charge in [-0.25, -0.2) is 8.42 Å². The van der Waals surface area contributed by atoms with Gasteiger partial charge in [0.1, 0.15) is 5.76 Å². The van der Waals surface area contributed by atoms with Crippen molar-refractivity contribution in [3.63, 3.8) is 0 Å². The average Bonchev–Trinajstić information content (AvgIpc) is 3.39. The number of carbonyl (C=O) groups excluding carboxylic acids is 2. The molecule has 2 heterocycles. The van der Waals surface area contributed by atoms with E-state index >= 15 is 0 Å². The van der Waals surface area contributed by atoms with Crippen molar-refractivity contribution < 1.29 is 40.3 Å². The molecule has 0 spiro atoms. The van der Waals surface area contributed by atoms with Gasteiger partial charge >= 0.3 is 12.1 Å². The van der Waals surface area contributed by atoms with E-state index in [2.05, 4.69) is 0 Å². The van der Waals surface area contributed by atoms with Gasteiger partial charge in [0.2, 0.25) is 21.7 Å². The van der Waals surface area contributed by atoms with Crippen molar-refractivity contribution >= 4 is 27.6 Å². The van der Waals surface area contributed by atoms with Gasteiger partial charge in [0, 0.05) is 24.7 Å². The molecule has 0 bridgehead atoms. The largest absolute Gasteiger partial charge is 0.469 e. The predicted octanol–water partition coefficient (Wildman–Crippen LogP) is 5.92. The molecule has 1 unspecified atom stereocenters. The van der Waals surface area contributed by atoms with Gasteiger partial charge in [0.25, 0.3) is 0 Å². The fourth-order valence-electron chi connectivity index (χ4n) is 5.38. The number of anilines is 1. The number of furan rings is 1. The van der Waals surface area contributed by atoms with E-state index in [1.165, 1.54) is 7.11 Å². The maximum atomic E-state index is 14.0. The van der Waals surface area contributed by atoms with Crippen molar-refractivity contribution in [2.75, 3.05) is 18.6 Å². The van der Waals surface area contributed by atoms with Crippen molar-refractivity contribution in [1.82, 2.24) is 4.31 Å². The van der Waals surface area contributed by atoms with Gasteiger partial charge in [-0.05, 0) is 74.6 Å². The maximum absolute atomic E-state index is 14.0. The fraction of sp³-hybridized carbons (Fsp3) is 0.400. The van der Waals surface area contributed by atoms with E-state index in [-0.39, 0.29) is 29.5 Å². The molecule has 4 rings (SSSR count). The molecule has 1 aliphatic heterocycles. The third-order valence-corrected chi connectivity index (χ3v) is 9.37. The molecule has 1 aromatic heterocycles. The number of alkyl halides is 3. The van der Waals surface area contributed by atoms with Gasteiger partial charge in [0.15, 0.2) is 0 Å². The van der Waals surface area contributed by atoms with Crippen LogP contribution in [-0.2, 0) is 43.6 Å². The number of sulfonamides is 1. The number of aryl methyl sites for hydroxylation is 3. The van der Waals surface area contributed by atoms with Crippen molar-refractivity contribution in [3.05, 3.63) is 82.3 Å². The smallest absolute Gasteiger partial charge is 0.449 e. The zero-order valence-corrected chi connectivity index (χ0v) is 24.6. The van der Waals surface area contributed by atoms with E-state index < -0.39 is 40.4 Å². The van der Waals surface area contributed by atoms with E-state index in [4.69, 9.17) is 9.15 Å². The summed E-state index contributed by atoms with van der Waals surface area (Å²) in [4.78, 5) is 26.4. The molecule has 1 fully saturated rings. The quantitative estimate of drug-likeness (QED) is 0.281. The van der Waals surface area contributed by atoms with E-state index in [0.29, 0.717) is 41.8 Å². The number of esters is 1. The first kappa shape index (κ1) is 31.3. The standard InChI is InChI=1S/C30H33F3N2O6S/c1-19-14-20(2)28(21(3)15-19)42(38,39)34(18-25-11-12-26(41-25)30(31,32)33)17-22-7-9-24(10-8-22)35-13-5-6-23(29(35)37)16-27(36)40-4/h7-12,14-15,23H,5-6,13,16-18H2,1-4H3. The van der Waals surface area contributed by atoms with Crippen LogP contribution in [-0.4, -0.2) is 38.3 Å². The fourth-order valence-corrected chi connectivity index (χ4v) is 7.19. The minimum Gasteiger partial charge on any atom is -0.469 e. The normalized spacial score (nSPS) is 16.2. The number of ether oxygens (including phenoxy) is 1. The van der Waals surface area contributed by atoms with Gasteiger partial charge in [-0.1, -0.05) is 29.8 Å². The summed E-state index contributed by atoms with van der Waals surface area (Å²) in [7, 11) is -2.90. The first-order valence-corrected chi connectivity index (χ1v) is 14.9. The molecule has 0 N–H and O–H groups in total. The Morgan fingerprint density at radius 2 is 1.69 bits per heavy atom. The van der Waals surface area contributed by atoms with Crippen LogP contribution >= 0.6 is 0 Å². The summed E-state index contributed by atoms with van der Waals surface area (Å²) in [5, 5.41) is 0. The summed E-state index contributed by atoms with van der Waals surface area (Å²) in [6.45, 7) is 5.10. The van der Waals surface area contributed by atoms with Crippen LogP contribution in [0, 0.1) is 26.7 Å². The second kappa shape index (κ2) is 12.3. The number of halogens is 3. The van der Waals surface area contributed by atoms with Gasteiger partial charge in [0.05, 0.1) is 25.0 Å². The number of carbonyl (C=O) groups is 2. The summed E-state index contributed by atoms with van der Waals surface area (Å²) in [6.07, 6.45) is -3.42. The summed E-state index contributed by atoms with van der Waals surface area (Å²) in [6, 6.07) is 12.1. The first-order chi connectivity index (χ1) is 19.7. The molecule has 0 saturated carbocycles. The number of amides is 1. The number of rotatable bonds is 9. The number of benzene rings is 2. The van der Waals surface area contributed by atoms with Crippen molar-refractivity contribution in [1.29, 1.82) is 0 Å². The lowest BCUT2D eigenvalue weighted by Crippen LogP contribution is -2.42. The van der Waals surface area contributed by atoms with E-state index in [9.17, 15) is 31.2 Å². The third kappa shape index (κ3) is 6.87. The molecule has 42 heavy (non-hydrogen) atoms. The molecule has 8 nitrogen and oxygen atoms in total. The Labute approximate surface area is 243 Å². The van der Waals surface area contributed by atoms with Gasteiger partial charge < -0.3 is 14.1 Å². The van der Waals surface area contributed by atoms with Crippen LogP contribution < -0.4 is 4.90 Å². The van der Waals surface area contributed by atoms with Crippen LogP contribution in [0.25, 0.3) is 0 Å². The zero-order valence-electron chi connectivity index (χ0n) is 23.8. The third-order valence-electron chi connectivity index (χ3n) is 7.27. The predicted molar refractivity (Wildman–Crippen MR) is 149 cm³/mol. The van der Waals surface area contributed by atoms with Crippen LogP contribution in [0.15, 0.2) is 57.8 Å². The van der Waals surface area contributed by atoms with E-state index in [1.807, 2.05) is 6.92 Å². The monoisotopic (exact) mass is 606 g/mol. The average molecular weight is 607 g/mol. The Morgan fingerprint density at radius 1 is 1.05 bits per heavy atom. The zero-order chi connectivity index (χ0) is 30.8. The molecule has 226 valence electrons. The Morgan fingerprint density at radius 3 is 2.26 bits per heavy atom. The highest BCUT2D eigenvalue weighted by Crippen LogP contribution is 2.33. The van der Waals surface area contributed by atoms with E-state index in [0.717, 1.165) is 22.0 Å². The molecule has 1 atom stereocenters. The van der Waals surface area contributed by atoms with Gasteiger partial charge in [-0.3, -0.25) is 9.59 Å². The number of hydrogen-bond donors (Lipinski definition) is 0. The number of piperidine rings is 1. The SMILES string of the molecule is COC(=O)CC1CCCN(c2ccc(CN(Cc3ccc(C(F)(F)F)o3)S(=O)(=O)c3c(C)cc(C)cc3C)cc2)C1=O. The van der Waals surface area contributed by atoms with Crippen LogP contribution in [0.5, 0.6) is 0 Å².